The number of halogens is 1. The number of thiocarbonyl (C=S) groups is 1. The molecular formula is C26H27ClN4O2S. The number of hydrogen-bond donors (Lipinski definition) is 2. The summed E-state index contributed by atoms with van der Waals surface area (Å²) in [6.45, 7) is 4.84. The van der Waals surface area contributed by atoms with Crippen molar-refractivity contribution in [2.75, 3.05) is 43.0 Å². The number of piperazine rings is 1. The van der Waals surface area contributed by atoms with Crippen LogP contribution in [0.5, 0.6) is 5.75 Å². The van der Waals surface area contributed by atoms with Gasteiger partial charge in [-0.25, -0.2) is 0 Å². The second-order valence-electron chi connectivity index (χ2n) is 8.02. The molecule has 3 aromatic carbocycles. The van der Waals surface area contributed by atoms with E-state index in [1.165, 1.54) is 11.3 Å². The summed E-state index contributed by atoms with van der Waals surface area (Å²) in [7, 11) is 0. The van der Waals surface area contributed by atoms with E-state index >= 15 is 0 Å². The van der Waals surface area contributed by atoms with Gasteiger partial charge in [-0.15, -0.1) is 0 Å². The lowest BCUT2D eigenvalue weighted by Gasteiger charge is -2.36. The maximum absolute atomic E-state index is 12.1. The van der Waals surface area contributed by atoms with Crippen molar-refractivity contribution in [1.29, 1.82) is 0 Å². The molecule has 1 fully saturated rings. The molecule has 1 aliphatic heterocycles. The topological polar surface area (TPSA) is 56.8 Å². The Balaban J connectivity index is 1.20. The molecule has 0 radical (unpaired) electrons. The summed E-state index contributed by atoms with van der Waals surface area (Å²) in [5.74, 6) is 0.0945. The van der Waals surface area contributed by atoms with Crippen LogP contribution in [0.3, 0.4) is 0 Å². The van der Waals surface area contributed by atoms with Crippen LogP contribution >= 0.6 is 23.8 Å². The van der Waals surface area contributed by atoms with Crippen molar-refractivity contribution in [3.05, 3.63) is 89.4 Å². The third-order valence-electron chi connectivity index (χ3n) is 5.56. The third-order valence-corrected chi connectivity index (χ3v) is 6.08. The van der Waals surface area contributed by atoms with Gasteiger partial charge in [-0.1, -0.05) is 54.1 Å². The highest BCUT2D eigenvalue weighted by Gasteiger charge is 2.17. The van der Waals surface area contributed by atoms with Gasteiger partial charge >= 0.3 is 0 Å². The van der Waals surface area contributed by atoms with E-state index in [9.17, 15) is 4.79 Å². The lowest BCUT2D eigenvalue weighted by Crippen LogP contribution is -2.45. The Kier molecular flexibility index (Phi) is 8.36. The predicted octanol–water partition coefficient (Wildman–Crippen LogP) is 4.55. The van der Waals surface area contributed by atoms with Crippen LogP contribution in [0.1, 0.15) is 5.56 Å². The van der Waals surface area contributed by atoms with Crippen LogP contribution in [0.15, 0.2) is 78.9 Å². The maximum atomic E-state index is 12.1. The molecule has 0 atom stereocenters. The van der Waals surface area contributed by atoms with Gasteiger partial charge < -0.3 is 15.0 Å². The molecule has 1 aliphatic rings. The van der Waals surface area contributed by atoms with Crippen molar-refractivity contribution in [3.8, 4) is 5.75 Å². The first-order chi connectivity index (χ1) is 16.6. The van der Waals surface area contributed by atoms with Crippen LogP contribution in [-0.2, 0) is 11.3 Å². The summed E-state index contributed by atoms with van der Waals surface area (Å²) in [5, 5.41) is 6.33. The van der Waals surface area contributed by atoms with Crippen molar-refractivity contribution in [1.82, 2.24) is 10.2 Å². The van der Waals surface area contributed by atoms with E-state index in [2.05, 4.69) is 62.9 Å². The number of nitrogens with zero attached hydrogens (tertiary/aromatic N) is 2. The van der Waals surface area contributed by atoms with E-state index in [4.69, 9.17) is 28.6 Å². The van der Waals surface area contributed by atoms with Crippen LogP contribution in [0, 0.1) is 0 Å². The lowest BCUT2D eigenvalue weighted by molar-refractivity contribution is -0.121. The largest absolute Gasteiger partial charge is 0.482 e. The van der Waals surface area contributed by atoms with Crippen molar-refractivity contribution < 1.29 is 9.53 Å². The van der Waals surface area contributed by atoms with Gasteiger partial charge in [0.15, 0.2) is 11.7 Å². The zero-order valence-corrected chi connectivity index (χ0v) is 20.3. The summed E-state index contributed by atoms with van der Waals surface area (Å²) in [6.07, 6.45) is 0. The first kappa shape index (κ1) is 24.0. The number of rotatable bonds is 7. The van der Waals surface area contributed by atoms with Gasteiger partial charge in [0.25, 0.3) is 5.91 Å². The highest BCUT2D eigenvalue weighted by atomic mass is 35.5. The zero-order chi connectivity index (χ0) is 23.8. The number of amides is 1. The summed E-state index contributed by atoms with van der Waals surface area (Å²) >= 11 is 11.3. The summed E-state index contributed by atoms with van der Waals surface area (Å²) in [4.78, 5) is 17.0. The van der Waals surface area contributed by atoms with E-state index in [0.29, 0.717) is 10.8 Å². The highest BCUT2D eigenvalue weighted by Crippen LogP contribution is 2.23. The lowest BCUT2D eigenvalue weighted by atomic mass is 10.2. The van der Waals surface area contributed by atoms with Crippen LogP contribution in [0.25, 0.3) is 0 Å². The SMILES string of the molecule is O=C(COc1ccccc1Cl)NC(=S)Nc1ccc(N2CCN(Cc3ccccc3)CC2)cc1. The first-order valence-electron chi connectivity index (χ1n) is 11.2. The number of hydrogen-bond acceptors (Lipinski definition) is 5. The molecule has 1 heterocycles. The monoisotopic (exact) mass is 494 g/mol. The molecule has 8 heteroatoms. The van der Waals surface area contributed by atoms with Crippen LogP contribution < -0.4 is 20.3 Å². The normalized spacial score (nSPS) is 13.9. The molecule has 0 spiro atoms. The molecule has 2 N–H and O–H groups in total. The van der Waals surface area contributed by atoms with Crippen molar-refractivity contribution >= 4 is 46.2 Å². The minimum atomic E-state index is -0.359. The average molecular weight is 495 g/mol. The fourth-order valence-electron chi connectivity index (χ4n) is 3.79. The van der Waals surface area contributed by atoms with E-state index < -0.39 is 0 Å². The number of nitrogens with one attached hydrogen (secondary N) is 2. The van der Waals surface area contributed by atoms with Gasteiger partial charge in [0, 0.05) is 44.1 Å². The van der Waals surface area contributed by atoms with Crippen molar-refractivity contribution in [3.63, 3.8) is 0 Å². The van der Waals surface area contributed by atoms with Crippen molar-refractivity contribution in [2.45, 2.75) is 6.54 Å². The molecule has 6 nitrogen and oxygen atoms in total. The Labute approximate surface area is 210 Å². The molecule has 0 saturated carbocycles. The third kappa shape index (κ3) is 6.93. The second kappa shape index (κ2) is 11.8. The molecular weight excluding hydrogens is 468 g/mol. The summed E-state index contributed by atoms with van der Waals surface area (Å²) in [5.41, 5.74) is 3.33. The maximum Gasteiger partial charge on any atom is 0.264 e. The number of benzene rings is 3. The standard InChI is InChI=1S/C26H27ClN4O2S/c27-23-8-4-5-9-24(23)33-19-25(32)29-26(34)28-21-10-12-22(13-11-21)31-16-14-30(15-17-31)18-20-6-2-1-3-7-20/h1-13H,14-19H2,(H2,28,29,32,34). The first-order valence-corrected chi connectivity index (χ1v) is 11.9. The Morgan fingerprint density at radius 3 is 2.29 bits per heavy atom. The minimum absolute atomic E-state index is 0.180. The van der Waals surface area contributed by atoms with Crippen LogP contribution in [0.4, 0.5) is 11.4 Å². The number of para-hydroxylation sites is 1. The Hall–Kier alpha value is -3.13. The molecule has 0 bridgehead atoms. The van der Waals surface area contributed by atoms with Gasteiger partial charge in [-0.05, 0) is 54.2 Å². The molecule has 4 rings (SSSR count). The molecule has 1 amide bonds. The molecule has 176 valence electrons. The molecule has 34 heavy (non-hydrogen) atoms. The van der Waals surface area contributed by atoms with Crippen molar-refractivity contribution in [2.24, 2.45) is 0 Å². The highest BCUT2D eigenvalue weighted by molar-refractivity contribution is 7.80. The van der Waals surface area contributed by atoms with E-state index in [0.717, 1.165) is 38.4 Å². The second-order valence-corrected chi connectivity index (χ2v) is 8.83. The van der Waals surface area contributed by atoms with Gasteiger partial charge in [-0.2, -0.15) is 0 Å². The van der Waals surface area contributed by atoms with Gasteiger partial charge in [0.05, 0.1) is 5.02 Å². The number of anilines is 2. The summed E-state index contributed by atoms with van der Waals surface area (Å²) in [6, 6.07) is 25.6. The summed E-state index contributed by atoms with van der Waals surface area (Å²) < 4.78 is 5.43. The van der Waals surface area contributed by atoms with E-state index in [-0.39, 0.29) is 17.6 Å². The Bertz CT molecular complexity index is 1100. The minimum Gasteiger partial charge on any atom is -0.482 e. The van der Waals surface area contributed by atoms with Crippen LogP contribution in [-0.4, -0.2) is 48.7 Å². The number of ether oxygens (including phenoxy) is 1. The average Bonchev–Trinajstić information content (AvgIpc) is 2.85. The predicted molar refractivity (Wildman–Crippen MR) is 142 cm³/mol. The molecule has 0 unspecified atom stereocenters. The number of carbonyl (C=O) groups excluding carboxylic acids is 1. The van der Waals surface area contributed by atoms with E-state index in [1.807, 2.05) is 12.1 Å². The molecule has 3 aromatic rings. The zero-order valence-electron chi connectivity index (χ0n) is 18.7. The van der Waals surface area contributed by atoms with E-state index in [1.54, 1.807) is 24.3 Å². The van der Waals surface area contributed by atoms with Gasteiger partial charge in [0.1, 0.15) is 5.75 Å². The Morgan fingerprint density at radius 2 is 1.59 bits per heavy atom. The Morgan fingerprint density at radius 1 is 0.912 bits per heavy atom. The fourth-order valence-corrected chi connectivity index (χ4v) is 4.21. The van der Waals surface area contributed by atoms with Crippen LogP contribution in [0.2, 0.25) is 5.02 Å². The van der Waals surface area contributed by atoms with Gasteiger partial charge in [-0.3, -0.25) is 15.0 Å². The number of carbonyl (C=O) groups is 1. The molecule has 1 saturated heterocycles. The molecule has 0 aromatic heterocycles. The smallest absolute Gasteiger partial charge is 0.264 e. The van der Waals surface area contributed by atoms with Gasteiger partial charge in [0.2, 0.25) is 0 Å². The quantitative estimate of drug-likeness (QED) is 0.470. The fraction of sp³-hybridized carbons (Fsp3) is 0.231. The molecule has 0 aliphatic carbocycles.